The molecule has 0 bridgehead atoms. The van der Waals surface area contributed by atoms with Crippen molar-refractivity contribution in [3.8, 4) is 11.4 Å². The first-order chi connectivity index (χ1) is 64.4. The van der Waals surface area contributed by atoms with Gasteiger partial charge in [-0.15, -0.1) is 23.5 Å². The van der Waals surface area contributed by atoms with Gasteiger partial charge in [0.1, 0.15) is 58.2 Å². The van der Waals surface area contributed by atoms with Crippen LogP contribution < -0.4 is 43.3 Å². The van der Waals surface area contributed by atoms with Crippen molar-refractivity contribution < 1.29 is 103 Å². The van der Waals surface area contributed by atoms with E-state index >= 15 is 0 Å². The van der Waals surface area contributed by atoms with Gasteiger partial charge in [0.2, 0.25) is 55.5 Å². The fourth-order valence-corrected chi connectivity index (χ4v) is 20.7. The van der Waals surface area contributed by atoms with Crippen LogP contribution in [0.2, 0.25) is 0 Å². The average molecular weight is 1950 g/mol. The molecule has 4 atom stereocenters. The predicted molar refractivity (Wildman–Crippen MR) is 502 cm³/mol. The van der Waals surface area contributed by atoms with Gasteiger partial charge in [0.25, 0.3) is 0 Å². The average Bonchev–Trinajstić information content (AvgIpc) is 1.52. The van der Waals surface area contributed by atoms with Crippen LogP contribution in [0, 0.1) is 0 Å². The molecule has 0 saturated carbocycles. The first-order valence-electron chi connectivity index (χ1n) is 44.6. The summed E-state index contributed by atoms with van der Waals surface area (Å²) in [7, 11) is -8.31. The third-order valence-electron chi connectivity index (χ3n) is 21.0. The lowest BCUT2D eigenvalue weighted by Gasteiger charge is -2.32. The van der Waals surface area contributed by atoms with Crippen LogP contribution in [0.1, 0.15) is 112 Å². The van der Waals surface area contributed by atoms with Crippen LogP contribution in [-0.2, 0) is 132 Å². The Kier molecular flexibility index (Phi) is 40.3. The van der Waals surface area contributed by atoms with Gasteiger partial charge in [0.15, 0.2) is 11.3 Å². The fraction of sp³-hybridized carbons (Fsp3) is 0.538. The highest BCUT2D eigenvalue weighted by Gasteiger charge is 2.54. The third-order valence-corrected chi connectivity index (χ3v) is 27.7. The zero-order valence-corrected chi connectivity index (χ0v) is 81.1. The largest absolute Gasteiger partial charge is 0.458 e. The summed E-state index contributed by atoms with van der Waals surface area (Å²) in [6.45, 7) is 22.9. The number of hydrogen-bond donors (Lipinski definition) is 6. The number of hydrogen-bond acceptors (Lipinski definition) is 30. The topological polar surface area (TPSA) is 481 Å². The van der Waals surface area contributed by atoms with Gasteiger partial charge in [-0.2, -0.15) is 8.61 Å². The van der Waals surface area contributed by atoms with Gasteiger partial charge in [0.05, 0.1) is 113 Å². The van der Waals surface area contributed by atoms with Crippen LogP contribution in [-0.4, -0.2) is 300 Å². The molecule has 40 nitrogen and oxygen atoms in total. The van der Waals surface area contributed by atoms with Gasteiger partial charge in [-0.3, -0.25) is 47.9 Å². The predicted octanol–water partition coefficient (Wildman–Crippen LogP) is 4.55. The minimum Gasteiger partial charge on any atom is -0.458 e. The molecule has 10 rings (SSSR count). The maximum absolute atomic E-state index is 14.3. The van der Waals surface area contributed by atoms with Crippen LogP contribution >= 0.6 is 23.5 Å². The summed E-state index contributed by atoms with van der Waals surface area (Å²) in [4.78, 5) is 152. The van der Waals surface area contributed by atoms with E-state index in [0.29, 0.717) is 130 Å². The molecule has 6 amide bonds. The molecule has 2 unspecified atom stereocenters. The second kappa shape index (κ2) is 51.1. The van der Waals surface area contributed by atoms with Gasteiger partial charge >= 0.3 is 23.3 Å². The number of carbonyl (C=O) groups excluding carboxylic acids is 8. The van der Waals surface area contributed by atoms with Gasteiger partial charge < -0.3 is 79.3 Å². The highest BCUT2D eigenvalue weighted by Crippen LogP contribution is 2.44. The van der Waals surface area contributed by atoms with Crippen LogP contribution in [0.4, 0.5) is 0 Å². The van der Waals surface area contributed by atoms with E-state index in [0.717, 1.165) is 8.61 Å². The zero-order valence-electron chi connectivity index (χ0n) is 77.8. The Hall–Kier alpha value is -10.5. The summed E-state index contributed by atoms with van der Waals surface area (Å²) in [6, 6.07) is 21.0. The van der Waals surface area contributed by atoms with E-state index in [1.54, 1.807) is 142 Å². The van der Waals surface area contributed by atoms with Gasteiger partial charge in [-0.25, -0.2) is 55.1 Å². The summed E-state index contributed by atoms with van der Waals surface area (Å²) in [5.74, 6) is -4.03. The summed E-state index contributed by atoms with van der Waals surface area (Å²) in [5.41, 5.74) is 0.501. The number of esters is 2. The molecule has 8 heterocycles. The zero-order chi connectivity index (χ0) is 97.4. The van der Waals surface area contributed by atoms with E-state index in [-0.39, 0.29) is 138 Å². The van der Waals surface area contributed by atoms with E-state index in [9.17, 15) is 64.8 Å². The number of benzene rings is 2. The van der Waals surface area contributed by atoms with Crippen LogP contribution in [0.15, 0.2) is 154 Å². The maximum Gasteiger partial charge on any atom is 0.335 e. The van der Waals surface area contributed by atoms with Gasteiger partial charge in [-0.1, -0.05) is 24.3 Å². The minimum absolute atomic E-state index is 0.00277. The number of carbonyl (C=O) groups is 8. The van der Waals surface area contributed by atoms with Crippen molar-refractivity contribution in [3.05, 3.63) is 166 Å². The maximum atomic E-state index is 14.3. The Morgan fingerprint density at radius 2 is 0.756 bits per heavy atom. The monoisotopic (exact) mass is 1950 g/mol. The second-order valence-electron chi connectivity index (χ2n) is 34.6. The molecule has 135 heavy (non-hydrogen) atoms. The number of sulfonamides is 2. The van der Waals surface area contributed by atoms with E-state index in [2.05, 4.69) is 51.8 Å². The number of rotatable bonds is 56. The number of pyridine rings is 4. The van der Waals surface area contributed by atoms with Crippen molar-refractivity contribution in [1.29, 1.82) is 0 Å². The summed E-state index contributed by atoms with van der Waals surface area (Å²) >= 11 is 2.58. The van der Waals surface area contributed by atoms with Crippen molar-refractivity contribution in [3.63, 3.8) is 0 Å². The molecule has 0 aliphatic carbocycles. The number of aromatic nitrogens is 8. The molecule has 2 saturated heterocycles. The number of nitrogens with zero attached hydrogens (tertiary/aromatic N) is 10. The Labute approximate surface area is 793 Å². The second-order valence-corrected chi connectivity index (χ2v) is 41.6. The minimum atomic E-state index is -4.16. The van der Waals surface area contributed by atoms with E-state index in [1.807, 2.05) is 0 Å². The SMILES string of the molecule is CC(C)(C)OC(=O)[C@H](Cc1ccc(-n2c(=O)n(CC(=O)NCCOCCOCCC(=O)NCCCOCCOCCCOCCOCCCNC(=O)CCOCCOCCNC(=O)Cn3c(=O)n(-c4ccc(C[C@H](NC(=O)C5N(S(=O)(=O)c6cccnc6)CSC5(C)C)C(=O)OC(C)(C)C)cc4)c4ncccc43)c3cccnc32)cc1)NC(=O)C1N(S(=O)(=O)c2cccnc2)CSC1(C)C. The standard InChI is InChI=1S/C91H124N16O24S4/c1-88(2,3)130-84(114)70(100-82(112)78-90(7,8)132-62-104(78)134(118,119)68-18-11-32-92-58-68)56-64-22-26-66(27-23-64)106-80-72(20-13-34-98-80)102(86(106)116)60-76(110)96-38-46-128-54-52-126-44-30-74(108)94-36-15-40-122-48-50-124-42-17-43-125-51-49-123-41-16-37-95-75(109)31-45-127-53-55-129-47-39-97-77(111)61-103-73-21-14-35-99-81(73)107(87(103)117)67-28-24-65(25-29-67)57-71(85(115)131-89(4,5)6)101-83(113)79-91(9,10)133-63-105(79)135(120,121)69-19-12-33-93-59-69/h11-14,18-29,32-35,58-59,70-71,78-79H,15-17,30-31,36-57,60-63H2,1-10H3,(H,94,108)(H,95,109)(H,96,110)(H,97,111)(H,100,112)(H,101,113)/t70-,71-,78?,79?/m0/s1. The van der Waals surface area contributed by atoms with E-state index in [4.69, 9.17) is 47.4 Å². The number of ether oxygens (including phenoxy) is 10. The first-order valence-corrected chi connectivity index (χ1v) is 49.5. The Bertz CT molecular complexity index is 5280. The van der Waals surface area contributed by atoms with E-state index < -0.39 is 112 Å². The number of imidazole rings is 2. The van der Waals surface area contributed by atoms with Crippen LogP contribution in [0.3, 0.4) is 0 Å². The fourth-order valence-electron chi connectivity index (χ4n) is 14.4. The molecular formula is C91H124N16O24S4. The molecule has 0 radical (unpaired) electrons. The molecule has 2 fully saturated rings. The lowest BCUT2D eigenvalue weighted by molar-refractivity contribution is -0.159. The summed E-state index contributed by atoms with van der Waals surface area (Å²) in [6.07, 6.45) is 10.6. The molecule has 8 aromatic rings. The molecule has 0 spiro atoms. The molecule has 2 aliphatic heterocycles. The number of fused-ring (bicyclic) bond motifs is 2. The molecule has 6 N–H and O–H groups in total. The highest BCUT2D eigenvalue weighted by molar-refractivity contribution is 8.02. The summed E-state index contributed by atoms with van der Waals surface area (Å²) in [5, 5.41) is 16.8. The molecule has 6 aromatic heterocycles. The van der Waals surface area contributed by atoms with Gasteiger partial charge in [-0.05, 0) is 172 Å². The van der Waals surface area contributed by atoms with E-state index in [1.165, 1.54) is 103 Å². The Morgan fingerprint density at radius 1 is 0.422 bits per heavy atom. The highest BCUT2D eigenvalue weighted by atomic mass is 32.2. The molecule has 736 valence electrons. The lowest BCUT2D eigenvalue weighted by atomic mass is 10.0. The van der Waals surface area contributed by atoms with Crippen molar-refractivity contribution in [1.82, 2.24) is 78.7 Å². The Balaban J connectivity index is 0.492. The van der Waals surface area contributed by atoms with Crippen LogP contribution in [0.25, 0.3) is 33.7 Å². The van der Waals surface area contributed by atoms with Crippen molar-refractivity contribution >= 4 is 113 Å². The Morgan fingerprint density at radius 3 is 1.10 bits per heavy atom. The number of amides is 6. The third kappa shape index (κ3) is 31.8. The number of nitrogens with one attached hydrogen (secondary N) is 6. The normalized spacial score (nSPS) is 15.7. The first kappa shape index (κ1) is 107. The molecule has 44 heteroatoms. The molecule has 2 aromatic carbocycles. The molecule has 2 aliphatic rings. The van der Waals surface area contributed by atoms with Crippen LogP contribution in [0.5, 0.6) is 0 Å². The van der Waals surface area contributed by atoms with Crippen molar-refractivity contribution in [2.75, 3.05) is 144 Å². The lowest BCUT2D eigenvalue weighted by Crippen LogP contribution is -2.57. The van der Waals surface area contributed by atoms with Gasteiger partial charge in [0, 0.05) is 125 Å². The molecular weight excluding hydrogens is 1830 g/mol. The van der Waals surface area contributed by atoms with Crippen molar-refractivity contribution in [2.24, 2.45) is 0 Å². The smallest absolute Gasteiger partial charge is 0.335 e. The number of thioether (sulfide) groups is 2. The summed E-state index contributed by atoms with van der Waals surface area (Å²) < 4.78 is 117. The quantitative estimate of drug-likeness (QED) is 0.0225. The van der Waals surface area contributed by atoms with Crippen molar-refractivity contribution in [2.45, 2.75) is 182 Å².